The molecule has 0 saturated heterocycles. The molecule has 0 bridgehead atoms. The first-order chi connectivity index (χ1) is 16.5. The number of amides is 2. The number of hydrogen-bond donors (Lipinski definition) is 0. The van der Waals surface area contributed by atoms with E-state index in [4.69, 9.17) is 4.74 Å². The standard InChI is InChI=1S/C26H26F2N2O3S/c1-2-11-29(26(32)18-5-3-6-19(27)14-18)16-25(31)30-12-9-24-22(10-13-34-24)23(30)17-33-21-8-4-7-20(28)15-21/h3-8,10,13-15,23H,2,9,11-12,16-17H2,1H3/t23-/m1/s1. The van der Waals surface area contributed by atoms with Gasteiger partial charge in [0.25, 0.3) is 5.91 Å². The van der Waals surface area contributed by atoms with Crippen LogP contribution < -0.4 is 4.74 Å². The van der Waals surface area contributed by atoms with E-state index < -0.39 is 11.6 Å². The van der Waals surface area contributed by atoms with Crippen LogP contribution in [-0.2, 0) is 11.2 Å². The minimum absolute atomic E-state index is 0.112. The molecule has 0 fully saturated rings. The van der Waals surface area contributed by atoms with Gasteiger partial charge >= 0.3 is 0 Å². The van der Waals surface area contributed by atoms with Crippen LogP contribution in [0.4, 0.5) is 8.78 Å². The number of fused-ring (bicyclic) bond motifs is 1. The Balaban J connectivity index is 1.52. The Kier molecular flexibility index (Phi) is 7.57. The molecular formula is C26H26F2N2O3S. The van der Waals surface area contributed by atoms with Gasteiger partial charge in [-0.15, -0.1) is 11.3 Å². The fraction of sp³-hybridized carbons (Fsp3) is 0.308. The van der Waals surface area contributed by atoms with Crippen LogP contribution >= 0.6 is 11.3 Å². The molecule has 0 radical (unpaired) electrons. The van der Waals surface area contributed by atoms with E-state index in [9.17, 15) is 18.4 Å². The van der Waals surface area contributed by atoms with Crippen LogP contribution in [0.3, 0.4) is 0 Å². The highest BCUT2D eigenvalue weighted by molar-refractivity contribution is 7.10. The highest BCUT2D eigenvalue weighted by Gasteiger charge is 2.33. The maximum absolute atomic E-state index is 13.7. The Morgan fingerprint density at radius 2 is 1.88 bits per heavy atom. The normalized spacial score (nSPS) is 15.0. The van der Waals surface area contributed by atoms with Crippen LogP contribution in [-0.4, -0.2) is 47.9 Å². The first-order valence-electron chi connectivity index (χ1n) is 11.2. The van der Waals surface area contributed by atoms with Crippen molar-refractivity contribution in [2.75, 3.05) is 26.2 Å². The quantitative estimate of drug-likeness (QED) is 0.448. The highest BCUT2D eigenvalue weighted by atomic mass is 32.1. The summed E-state index contributed by atoms with van der Waals surface area (Å²) in [6.07, 6.45) is 1.38. The molecule has 3 aromatic rings. The van der Waals surface area contributed by atoms with Crippen molar-refractivity contribution >= 4 is 23.2 Å². The van der Waals surface area contributed by atoms with E-state index >= 15 is 0 Å². The first-order valence-corrected chi connectivity index (χ1v) is 12.1. The van der Waals surface area contributed by atoms with Crippen LogP contribution in [0.15, 0.2) is 60.0 Å². The van der Waals surface area contributed by atoms with Gasteiger partial charge in [0.15, 0.2) is 0 Å². The Morgan fingerprint density at radius 1 is 1.12 bits per heavy atom. The van der Waals surface area contributed by atoms with Gasteiger partial charge in [-0.3, -0.25) is 9.59 Å². The predicted molar refractivity (Wildman–Crippen MR) is 127 cm³/mol. The fourth-order valence-corrected chi connectivity index (χ4v) is 5.12. The van der Waals surface area contributed by atoms with Crippen molar-refractivity contribution in [1.29, 1.82) is 0 Å². The van der Waals surface area contributed by atoms with E-state index in [1.807, 2.05) is 18.4 Å². The second-order valence-electron chi connectivity index (χ2n) is 8.16. The van der Waals surface area contributed by atoms with Crippen LogP contribution in [0, 0.1) is 11.6 Å². The number of carbonyl (C=O) groups is 2. The van der Waals surface area contributed by atoms with Gasteiger partial charge in [-0.1, -0.05) is 19.1 Å². The summed E-state index contributed by atoms with van der Waals surface area (Å²) < 4.78 is 33.1. The van der Waals surface area contributed by atoms with Gasteiger partial charge in [0, 0.05) is 29.6 Å². The lowest BCUT2D eigenvalue weighted by atomic mass is 10.0. The third-order valence-corrected chi connectivity index (χ3v) is 6.79. The molecule has 34 heavy (non-hydrogen) atoms. The average molecular weight is 485 g/mol. The van der Waals surface area contributed by atoms with Gasteiger partial charge in [0.1, 0.15) is 30.5 Å². The van der Waals surface area contributed by atoms with E-state index in [0.29, 0.717) is 25.3 Å². The molecule has 178 valence electrons. The van der Waals surface area contributed by atoms with E-state index in [1.54, 1.807) is 34.4 Å². The maximum Gasteiger partial charge on any atom is 0.254 e. The molecule has 1 aromatic heterocycles. The van der Waals surface area contributed by atoms with Crippen LogP contribution in [0.1, 0.15) is 40.2 Å². The Hall–Kier alpha value is -3.26. The van der Waals surface area contributed by atoms with Gasteiger partial charge in [0.05, 0.1) is 6.04 Å². The predicted octanol–water partition coefficient (Wildman–Crippen LogP) is 5.08. The van der Waals surface area contributed by atoms with E-state index in [0.717, 1.165) is 12.0 Å². The molecule has 1 aliphatic rings. The number of thiophene rings is 1. The summed E-state index contributed by atoms with van der Waals surface area (Å²) in [5, 5.41) is 1.99. The molecule has 0 N–H and O–H groups in total. The number of rotatable bonds is 8. The molecule has 2 aromatic carbocycles. The van der Waals surface area contributed by atoms with Crippen molar-refractivity contribution in [3.63, 3.8) is 0 Å². The third-order valence-electron chi connectivity index (χ3n) is 5.80. The smallest absolute Gasteiger partial charge is 0.254 e. The summed E-state index contributed by atoms with van der Waals surface area (Å²) in [6, 6.07) is 13.0. The Bertz CT molecular complexity index is 1170. The summed E-state index contributed by atoms with van der Waals surface area (Å²) in [5.41, 5.74) is 1.23. The number of hydrogen-bond acceptors (Lipinski definition) is 4. The zero-order valence-corrected chi connectivity index (χ0v) is 19.7. The number of halogens is 2. The number of benzene rings is 2. The first kappa shape index (κ1) is 23.9. The maximum atomic E-state index is 13.7. The molecule has 0 saturated carbocycles. The van der Waals surface area contributed by atoms with Crippen LogP contribution in [0.25, 0.3) is 0 Å². The summed E-state index contributed by atoms with van der Waals surface area (Å²) in [7, 11) is 0. The average Bonchev–Trinajstić information content (AvgIpc) is 3.31. The number of nitrogens with zero attached hydrogens (tertiary/aromatic N) is 2. The zero-order valence-electron chi connectivity index (χ0n) is 18.9. The zero-order chi connectivity index (χ0) is 24.1. The number of carbonyl (C=O) groups excluding carboxylic acids is 2. The molecule has 4 rings (SSSR count). The van der Waals surface area contributed by atoms with Gasteiger partial charge in [-0.05, 0) is 60.2 Å². The van der Waals surface area contributed by atoms with Crippen molar-refractivity contribution in [2.45, 2.75) is 25.8 Å². The molecule has 0 aliphatic carbocycles. The molecular weight excluding hydrogens is 458 g/mol. The highest BCUT2D eigenvalue weighted by Crippen LogP contribution is 2.34. The van der Waals surface area contributed by atoms with E-state index in [-0.39, 0.29) is 36.6 Å². The minimum atomic E-state index is -0.496. The summed E-state index contributed by atoms with van der Waals surface area (Å²) in [4.78, 5) is 30.8. The molecule has 8 heteroatoms. The second-order valence-corrected chi connectivity index (χ2v) is 9.16. The fourth-order valence-electron chi connectivity index (χ4n) is 4.19. The number of ether oxygens (including phenoxy) is 1. The third kappa shape index (κ3) is 5.44. The van der Waals surface area contributed by atoms with Gasteiger partial charge in [-0.2, -0.15) is 0 Å². The van der Waals surface area contributed by atoms with Crippen molar-refractivity contribution < 1.29 is 23.1 Å². The summed E-state index contributed by atoms with van der Waals surface area (Å²) in [5.74, 6) is -1.08. The summed E-state index contributed by atoms with van der Waals surface area (Å²) in [6.45, 7) is 2.86. The second kappa shape index (κ2) is 10.8. The summed E-state index contributed by atoms with van der Waals surface area (Å²) >= 11 is 1.64. The van der Waals surface area contributed by atoms with Gasteiger partial charge in [-0.25, -0.2) is 8.78 Å². The molecule has 1 aliphatic heterocycles. The van der Waals surface area contributed by atoms with E-state index in [2.05, 4.69) is 0 Å². The monoisotopic (exact) mass is 484 g/mol. The van der Waals surface area contributed by atoms with Crippen LogP contribution in [0.2, 0.25) is 0 Å². The Labute approximate surface area is 201 Å². The minimum Gasteiger partial charge on any atom is -0.491 e. The molecule has 0 unspecified atom stereocenters. The lowest BCUT2D eigenvalue weighted by molar-refractivity contribution is -0.135. The van der Waals surface area contributed by atoms with E-state index in [1.165, 1.54) is 40.1 Å². The van der Waals surface area contributed by atoms with Crippen molar-refractivity contribution in [1.82, 2.24) is 9.80 Å². The lowest BCUT2D eigenvalue weighted by Crippen LogP contribution is -2.48. The van der Waals surface area contributed by atoms with Crippen molar-refractivity contribution in [3.8, 4) is 5.75 Å². The molecule has 5 nitrogen and oxygen atoms in total. The van der Waals surface area contributed by atoms with Crippen molar-refractivity contribution in [2.24, 2.45) is 0 Å². The van der Waals surface area contributed by atoms with Crippen molar-refractivity contribution in [3.05, 3.63) is 87.6 Å². The molecule has 2 heterocycles. The molecule has 0 spiro atoms. The van der Waals surface area contributed by atoms with Gasteiger partial charge < -0.3 is 14.5 Å². The van der Waals surface area contributed by atoms with Gasteiger partial charge in [0.2, 0.25) is 5.91 Å². The lowest BCUT2D eigenvalue weighted by Gasteiger charge is -2.37. The SMILES string of the molecule is CCCN(CC(=O)N1CCc2sccc2[C@H]1COc1cccc(F)c1)C(=O)c1cccc(F)c1. The molecule has 2 amide bonds. The molecule has 1 atom stereocenters. The Morgan fingerprint density at radius 3 is 2.62 bits per heavy atom. The topological polar surface area (TPSA) is 49.9 Å². The largest absolute Gasteiger partial charge is 0.491 e. The van der Waals surface area contributed by atoms with Crippen LogP contribution in [0.5, 0.6) is 5.75 Å².